The van der Waals surface area contributed by atoms with Crippen molar-refractivity contribution >= 4 is 17.3 Å². The Morgan fingerprint density at radius 2 is 2.24 bits per heavy atom. The number of carboxylic acid groups (broad SMARTS) is 1. The minimum Gasteiger partial charge on any atom is -0.481 e. The fourth-order valence-corrected chi connectivity index (χ4v) is 1.44. The van der Waals surface area contributed by atoms with Gasteiger partial charge in [-0.15, -0.1) is 0 Å². The number of nitrogens with zero attached hydrogens (tertiary/aromatic N) is 2. The molecule has 17 heavy (non-hydrogen) atoms. The van der Waals surface area contributed by atoms with E-state index in [0.717, 1.165) is 0 Å². The van der Waals surface area contributed by atoms with Crippen LogP contribution in [-0.4, -0.2) is 29.6 Å². The number of hydrogen-bond donors (Lipinski definition) is 1. The van der Waals surface area contributed by atoms with Gasteiger partial charge in [-0.3, -0.25) is 14.9 Å². The van der Waals surface area contributed by atoms with Crippen molar-refractivity contribution in [3.8, 4) is 0 Å². The third-order valence-corrected chi connectivity index (χ3v) is 2.45. The summed E-state index contributed by atoms with van der Waals surface area (Å²) in [6.07, 6.45) is 0. The van der Waals surface area contributed by atoms with Crippen LogP contribution in [0.1, 0.15) is 6.92 Å². The van der Waals surface area contributed by atoms with Crippen LogP contribution in [0.4, 0.5) is 11.4 Å². The summed E-state index contributed by atoms with van der Waals surface area (Å²) < 4.78 is 0. The van der Waals surface area contributed by atoms with Gasteiger partial charge < -0.3 is 10.0 Å². The normalized spacial score (nSPS) is 11.9. The molecule has 0 fully saturated rings. The number of hydrogen-bond acceptors (Lipinski definition) is 4. The highest BCUT2D eigenvalue weighted by atomic mass is 16.6. The quantitative estimate of drug-likeness (QED) is 0.624. The van der Waals surface area contributed by atoms with Gasteiger partial charge >= 0.3 is 5.97 Å². The second-order valence-electron chi connectivity index (χ2n) is 3.90. The summed E-state index contributed by atoms with van der Waals surface area (Å²) in [7, 11) is 1.71. The van der Waals surface area contributed by atoms with Gasteiger partial charge in [0.15, 0.2) is 0 Å². The molecule has 6 nitrogen and oxygen atoms in total. The molecule has 1 unspecified atom stereocenters. The summed E-state index contributed by atoms with van der Waals surface area (Å²) in [4.78, 5) is 22.5. The van der Waals surface area contributed by atoms with E-state index in [4.69, 9.17) is 5.11 Å². The molecule has 0 radical (unpaired) electrons. The highest BCUT2D eigenvalue weighted by Gasteiger charge is 2.15. The molecule has 0 spiro atoms. The maximum atomic E-state index is 10.7. The zero-order chi connectivity index (χ0) is 13.0. The van der Waals surface area contributed by atoms with E-state index < -0.39 is 16.8 Å². The number of nitro benzene ring substituents is 1. The molecule has 1 rings (SSSR count). The smallest absolute Gasteiger partial charge is 0.308 e. The van der Waals surface area contributed by atoms with E-state index >= 15 is 0 Å². The van der Waals surface area contributed by atoms with Crippen molar-refractivity contribution in [2.75, 3.05) is 18.5 Å². The molecule has 0 amide bonds. The number of aliphatic carboxylic acids is 1. The first-order valence-corrected chi connectivity index (χ1v) is 5.10. The molecule has 0 bridgehead atoms. The Morgan fingerprint density at radius 1 is 1.59 bits per heavy atom. The van der Waals surface area contributed by atoms with Crippen LogP contribution in [-0.2, 0) is 4.79 Å². The lowest BCUT2D eigenvalue weighted by Gasteiger charge is -2.21. The molecule has 0 aliphatic carbocycles. The van der Waals surface area contributed by atoms with Gasteiger partial charge in [-0.05, 0) is 6.07 Å². The van der Waals surface area contributed by atoms with Crippen LogP contribution >= 0.6 is 0 Å². The van der Waals surface area contributed by atoms with E-state index in [2.05, 4.69) is 0 Å². The molecule has 0 aliphatic rings. The lowest BCUT2D eigenvalue weighted by atomic mass is 10.1. The number of carbonyl (C=O) groups is 1. The highest BCUT2D eigenvalue weighted by Crippen LogP contribution is 2.20. The number of anilines is 1. The number of carboxylic acids is 1. The minimum atomic E-state index is -0.887. The third kappa shape index (κ3) is 3.44. The summed E-state index contributed by atoms with van der Waals surface area (Å²) in [6, 6.07) is 6.11. The maximum absolute atomic E-state index is 10.7. The fraction of sp³-hybridized carbons (Fsp3) is 0.364. The van der Waals surface area contributed by atoms with Crippen molar-refractivity contribution in [1.29, 1.82) is 0 Å². The molecule has 0 aliphatic heterocycles. The molecule has 1 aromatic carbocycles. The monoisotopic (exact) mass is 238 g/mol. The SMILES string of the molecule is CC(CN(C)c1cccc([N+](=O)[O-])c1)C(=O)O. The molecule has 1 aromatic rings. The van der Waals surface area contributed by atoms with Crippen molar-refractivity contribution in [2.24, 2.45) is 5.92 Å². The van der Waals surface area contributed by atoms with Gasteiger partial charge in [0.25, 0.3) is 5.69 Å². The van der Waals surface area contributed by atoms with Crippen molar-refractivity contribution in [3.63, 3.8) is 0 Å². The van der Waals surface area contributed by atoms with Crippen molar-refractivity contribution in [3.05, 3.63) is 34.4 Å². The second-order valence-corrected chi connectivity index (χ2v) is 3.90. The van der Waals surface area contributed by atoms with Crippen molar-refractivity contribution in [1.82, 2.24) is 0 Å². The van der Waals surface area contributed by atoms with Crippen molar-refractivity contribution in [2.45, 2.75) is 6.92 Å². The number of benzene rings is 1. The number of nitro groups is 1. The van der Waals surface area contributed by atoms with Gasteiger partial charge in [0.2, 0.25) is 0 Å². The first-order chi connectivity index (χ1) is 7.91. The van der Waals surface area contributed by atoms with E-state index in [1.807, 2.05) is 0 Å². The number of non-ortho nitro benzene ring substituents is 1. The lowest BCUT2D eigenvalue weighted by molar-refractivity contribution is -0.384. The summed E-state index contributed by atoms with van der Waals surface area (Å²) in [5, 5.41) is 19.4. The second kappa shape index (κ2) is 5.29. The lowest BCUT2D eigenvalue weighted by Crippen LogP contribution is -2.28. The van der Waals surface area contributed by atoms with E-state index in [1.165, 1.54) is 12.1 Å². The van der Waals surface area contributed by atoms with Crippen LogP contribution in [0.3, 0.4) is 0 Å². The first kappa shape index (κ1) is 13.0. The summed E-state index contributed by atoms with van der Waals surface area (Å²) >= 11 is 0. The van der Waals surface area contributed by atoms with Crippen LogP contribution in [0.5, 0.6) is 0 Å². The van der Waals surface area contributed by atoms with Crippen LogP contribution < -0.4 is 4.90 Å². The minimum absolute atomic E-state index is 0.00247. The van der Waals surface area contributed by atoms with Gasteiger partial charge in [0.1, 0.15) is 0 Å². The maximum Gasteiger partial charge on any atom is 0.308 e. The largest absolute Gasteiger partial charge is 0.481 e. The average molecular weight is 238 g/mol. The van der Waals surface area contributed by atoms with Crippen LogP contribution in [0.25, 0.3) is 0 Å². The predicted octanol–water partition coefficient (Wildman–Crippen LogP) is 1.75. The van der Waals surface area contributed by atoms with Crippen LogP contribution in [0, 0.1) is 16.0 Å². The van der Waals surface area contributed by atoms with Gasteiger partial charge in [-0.25, -0.2) is 0 Å². The fourth-order valence-electron chi connectivity index (χ4n) is 1.44. The summed E-state index contributed by atoms with van der Waals surface area (Å²) in [5.74, 6) is -1.42. The van der Waals surface area contributed by atoms with Gasteiger partial charge in [0, 0.05) is 31.4 Å². The zero-order valence-electron chi connectivity index (χ0n) is 9.66. The Hall–Kier alpha value is -2.11. The molecule has 92 valence electrons. The molecule has 0 saturated heterocycles. The molecule has 1 N–H and O–H groups in total. The zero-order valence-corrected chi connectivity index (χ0v) is 9.66. The third-order valence-electron chi connectivity index (χ3n) is 2.45. The van der Waals surface area contributed by atoms with E-state index in [1.54, 1.807) is 31.0 Å². The van der Waals surface area contributed by atoms with Crippen molar-refractivity contribution < 1.29 is 14.8 Å². The highest BCUT2D eigenvalue weighted by molar-refractivity contribution is 5.70. The average Bonchev–Trinajstić information content (AvgIpc) is 2.28. The van der Waals surface area contributed by atoms with Gasteiger partial charge in [-0.2, -0.15) is 0 Å². The molecular formula is C11H14N2O4. The Labute approximate surface area is 98.6 Å². The number of rotatable bonds is 5. The topological polar surface area (TPSA) is 83.7 Å². The Balaban J connectivity index is 2.82. The molecule has 1 atom stereocenters. The van der Waals surface area contributed by atoms with Gasteiger partial charge in [0.05, 0.1) is 10.8 Å². The van der Waals surface area contributed by atoms with Gasteiger partial charge in [-0.1, -0.05) is 13.0 Å². The molecule has 0 aromatic heterocycles. The Morgan fingerprint density at radius 3 is 2.76 bits per heavy atom. The van der Waals surface area contributed by atoms with E-state index in [9.17, 15) is 14.9 Å². The predicted molar refractivity (Wildman–Crippen MR) is 63.2 cm³/mol. The molecule has 6 heteroatoms. The molecular weight excluding hydrogens is 224 g/mol. The summed E-state index contributed by atoms with van der Waals surface area (Å²) in [5.41, 5.74) is 0.629. The first-order valence-electron chi connectivity index (χ1n) is 5.10. The van der Waals surface area contributed by atoms with E-state index in [-0.39, 0.29) is 5.69 Å². The Kier molecular flexibility index (Phi) is 4.03. The van der Waals surface area contributed by atoms with Crippen LogP contribution in [0.2, 0.25) is 0 Å². The summed E-state index contributed by atoms with van der Waals surface area (Å²) in [6.45, 7) is 1.90. The van der Waals surface area contributed by atoms with Crippen LogP contribution in [0.15, 0.2) is 24.3 Å². The molecule has 0 saturated carbocycles. The standard InChI is InChI=1S/C11H14N2O4/c1-8(11(14)15)7-12(2)9-4-3-5-10(6-9)13(16)17/h3-6,8H,7H2,1-2H3,(H,14,15). The Bertz CT molecular complexity index is 433. The molecule has 0 heterocycles. The van der Waals surface area contributed by atoms with E-state index in [0.29, 0.717) is 12.2 Å².